The van der Waals surface area contributed by atoms with Crippen molar-refractivity contribution in [2.45, 2.75) is 0 Å². The lowest BCUT2D eigenvalue weighted by atomic mass is 10.1. The Bertz CT molecular complexity index is 493. The number of aliphatic carboxylic acids is 1. The predicted octanol–water partition coefficient (Wildman–Crippen LogP) is 1.31. The Labute approximate surface area is 110 Å². The lowest BCUT2D eigenvalue weighted by molar-refractivity contribution is -0.132. The molecule has 0 bridgehead atoms. The molecular formula is C12H13NO4S. The van der Waals surface area contributed by atoms with E-state index in [4.69, 9.17) is 32.5 Å². The molecule has 0 aliphatic rings. The van der Waals surface area contributed by atoms with Crippen LogP contribution in [0.25, 0.3) is 0 Å². The van der Waals surface area contributed by atoms with Gasteiger partial charge in [-0.15, -0.1) is 0 Å². The van der Waals surface area contributed by atoms with Crippen LogP contribution >= 0.6 is 12.2 Å². The molecule has 0 spiro atoms. The zero-order valence-corrected chi connectivity index (χ0v) is 10.8. The number of hydrogen-bond donors (Lipinski definition) is 2. The first-order chi connectivity index (χ1) is 8.51. The molecule has 1 aromatic carbocycles. The molecule has 0 fully saturated rings. The van der Waals surface area contributed by atoms with Gasteiger partial charge in [0, 0.05) is 0 Å². The Balaban J connectivity index is 3.15. The Kier molecular flexibility index (Phi) is 4.67. The standard InChI is InChI=1S/C12H13NO4S/c1-16-8-5-3-7(4-6-8)10(18)9(12(14)15)11(13)17-2/h3-6H,13H2,1-2H3,(H,14,15). The van der Waals surface area contributed by atoms with Crippen molar-refractivity contribution in [1.29, 1.82) is 0 Å². The zero-order valence-electron chi connectivity index (χ0n) is 9.97. The van der Waals surface area contributed by atoms with Gasteiger partial charge in [0.2, 0.25) is 0 Å². The van der Waals surface area contributed by atoms with Crippen molar-refractivity contribution in [3.63, 3.8) is 0 Å². The normalized spacial score (nSPS) is 11.4. The van der Waals surface area contributed by atoms with Crippen molar-refractivity contribution < 1.29 is 19.4 Å². The number of methoxy groups -OCH3 is 2. The number of hydrogen-bond acceptors (Lipinski definition) is 5. The van der Waals surface area contributed by atoms with Gasteiger partial charge in [-0.3, -0.25) is 0 Å². The van der Waals surface area contributed by atoms with Crippen LogP contribution in [0.2, 0.25) is 0 Å². The molecule has 5 nitrogen and oxygen atoms in total. The largest absolute Gasteiger partial charge is 0.497 e. The summed E-state index contributed by atoms with van der Waals surface area (Å²) in [6.07, 6.45) is 0. The molecule has 0 amide bonds. The average Bonchev–Trinajstić information content (AvgIpc) is 2.38. The Morgan fingerprint density at radius 3 is 2.22 bits per heavy atom. The van der Waals surface area contributed by atoms with Crippen molar-refractivity contribution in [3.8, 4) is 5.75 Å². The fraction of sp³-hybridized carbons (Fsp3) is 0.167. The topological polar surface area (TPSA) is 81.8 Å². The monoisotopic (exact) mass is 267 g/mol. The van der Waals surface area contributed by atoms with Crippen molar-refractivity contribution in [2.24, 2.45) is 5.73 Å². The van der Waals surface area contributed by atoms with E-state index in [1.807, 2.05) is 0 Å². The number of ether oxygens (including phenoxy) is 2. The highest BCUT2D eigenvalue weighted by Crippen LogP contribution is 2.17. The maximum absolute atomic E-state index is 11.1. The maximum Gasteiger partial charge on any atom is 0.342 e. The highest BCUT2D eigenvalue weighted by Gasteiger charge is 2.20. The van der Waals surface area contributed by atoms with Crippen molar-refractivity contribution in [1.82, 2.24) is 0 Å². The Morgan fingerprint density at radius 2 is 1.83 bits per heavy atom. The molecule has 0 aliphatic heterocycles. The third kappa shape index (κ3) is 2.98. The first kappa shape index (κ1) is 14.0. The SMILES string of the molecule is COC(N)=C(C(=O)O)C(=S)c1ccc(OC)cc1. The summed E-state index contributed by atoms with van der Waals surface area (Å²) in [6.45, 7) is 0. The first-order valence-electron chi connectivity index (χ1n) is 4.97. The molecular weight excluding hydrogens is 254 g/mol. The van der Waals surface area contributed by atoms with E-state index >= 15 is 0 Å². The summed E-state index contributed by atoms with van der Waals surface area (Å²) in [6, 6.07) is 6.69. The second-order valence-corrected chi connectivity index (χ2v) is 3.71. The molecule has 1 aromatic rings. The first-order valence-corrected chi connectivity index (χ1v) is 5.37. The van der Waals surface area contributed by atoms with Gasteiger partial charge in [-0.25, -0.2) is 4.79 Å². The summed E-state index contributed by atoms with van der Waals surface area (Å²) < 4.78 is 9.73. The lowest BCUT2D eigenvalue weighted by Gasteiger charge is -2.09. The van der Waals surface area contributed by atoms with Gasteiger partial charge in [-0.1, -0.05) is 12.2 Å². The van der Waals surface area contributed by atoms with Gasteiger partial charge in [-0.05, 0) is 29.8 Å². The maximum atomic E-state index is 11.1. The van der Waals surface area contributed by atoms with Crippen molar-refractivity contribution >= 4 is 23.1 Å². The van der Waals surface area contributed by atoms with Crippen LogP contribution in [0, 0.1) is 0 Å². The van der Waals surface area contributed by atoms with Crippen LogP contribution in [0.4, 0.5) is 0 Å². The number of benzene rings is 1. The van der Waals surface area contributed by atoms with Crippen molar-refractivity contribution in [3.05, 3.63) is 41.3 Å². The molecule has 0 saturated carbocycles. The molecule has 0 unspecified atom stereocenters. The summed E-state index contributed by atoms with van der Waals surface area (Å²) in [5, 5.41) is 9.08. The molecule has 0 atom stereocenters. The van der Waals surface area contributed by atoms with Gasteiger partial charge in [0.25, 0.3) is 0 Å². The van der Waals surface area contributed by atoms with Gasteiger partial charge >= 0.3 is 5.97 Å². The Hall–Kier alpha value is -2.08. The second-order valence-electron chi connectivity index (χ2n) is 3.31. The van der Waals surface area contributed by atoms with Crippen LogP contribution in [-0.2, 0) is 9.53 Å². The van der Waals surface area contributed by atoms with E-state index in [0.717, 1.165) is 0 Å². The van der Waals surface area contributed by atoms with Crippen LogP contribution in [0.15, 0.2) is 35.7 Å². The molecule has 0 saturated heterocycles. The number of nitrogens with two attached hydrogens (primary N) is 1. The van der Waals surface area contributed by atoms with E-state index in [0.29, 0.717) is 11.3 Å². The smallest absolute Gasteiger partial charge is 0.342 e. The van der Waals surface area contributed by atoms with Crippen LogP contribution in [-0.4, -0.2) is 30.2 Å². The van der Waals surface area contributed by atoms with Gasteiger partial charge in [-0.2, -0.15) is 0 Å². The molecule has 0 aliphatic carbocycles. The summed E-state index contributed by atoms with van der Waals surface area (Å²) in [5.74, 6) is -0.791. The molecule has 6 heteroatoms. The number of carboxylic acids is 1. The van der Waals surface area contributed by atoms with Crippen LogP contribution < -0.4 is 10.5 Å². The van der Waals surface area contributed by atoms with Gasteiger partial charge < -0.3 is 20.3 Å². The molecule has 0 heterocycles. The quantitative estimate of drug-likeness (QED) is 0.362. The summed E-state index contributed by atoms with van der Waals surface area (Å²) in [5.41, 5.74) is 5.81. The third-order valence-corrected chi connectivity index (χ3v) is 2.70. The number of carbonyl (C=O) groups is 1. The number of carboxylic acid groups (broad SMARTS) is 1. The molecule has 0 aromatic heterocycles. The molecule has 96 valence electrons. The van der Waals surface area contributed by atoms with Gasteiger partial charge in [0.05, 0.1) is 19.1 Å². The minimum atomic E-state index is -1.23. The van der Waals surface area contributed by atoms with Crippen molar-refractivity contribution in [2.75, 3.05) is 14.2 Å². The van der Waals surface area contributed by atoms with Gasteiger partial charge in [0.1, 0.15) is 11.3 Å². The predicted molar refractivity (Wildman–Crippen MR) is 70.6 cm³/mol. The number of thiocarbonyl (C=S) groups is 1. The summed E-state index contributed by atoms with van der Waals surface area (Å²) in [7, 11) is 2.83. The highest BCUT2D eigenvalue weighted by molar-refractivity contribution is 7.81. The lowest BCUT2D eigenvalue weighted by Crippen LogP contribution is -2.19. The highest BCUT2D eigenvalue weighted by atomic mass is 32.1. The second kappa shape index (κ2) is 6.02. The van der Waals surface area contributed by atoms with E-state index in [1.54, 1.807) is 31.4 Å². The Morgan fingerprint density at radius 1 is 1.28 bits per heavy atom. The average molecular weight is 267 g/mol. The molecule has 3 N–H and O–H groups in total. The van der Waals surface area contributed by atoms with Crippen LogP contribution in [0.5, 0.6) is 5.75 Å². The van der Waals surface area contributed by atoms with E-state index in [9.17, 15) is 4.79 Å². The minimum Gasteiger partial charge on any atom is -0.497 e. The summed E-state index contributed by atoms with van der Waals surface area (Å²) in [4.78, 5) is 11.2. The van der Waals surface area contributed by atoms with Crippen LogP contribution in [0.3, 0.4) is 0 Å². The van der Waals surface area contributed by atoms with E-state index in [1.165, 1.54) is 7.11 Å². The van der Waals surface area contributed by atoms with E-state index < -0.39 is 5.97 Å². The zero-order chi connectivity index (χ0) is 13.7. The van der Waals surface area contributed by atoms with E-state index in [-0.39, 0.29) is 16.3 Å². The number of rotatable bonds is 5. The van der Waals surface area contributed by atoms with Crippen LogP contribution in [0.1, 0.15) is 5.56 Å². The fourth-order valence-electron chi connectivity index (χ4n) is 1.30. The van der Waals surface area contributed by atoms with Gasteiger partial charge in [0.15, 0.2) is 5.88 Å². The fourth-order valence-corrected chi connectivity index (χ4v) is 1.63. The molecule has 0 radical (unpaired) electrons. The minimum absolute atomic E-state index is 0.115. The van der Waals surface area contributed by atoms with E-state index in [2.05, 4.69) is 0 Å². The molecule has 1 rings (SSSR count). The molecule has 18 heavy (non-hydrogen) atoms. The third-order valence-electron chi connectivity index (χ3n) is 2.26. The summed E-state index contributed by atoms with van der Waals surface area (Å²) >= 11 is 5.10.